The van der Waals surface area contributed by atoms with Gasteiger partial charge in [0.2, 0.25) is 5.91 Å². The molecule has 1 aliphatic heterocycles. The number of carbonyl (C=O) groups is 1. The lowest BCUT2D eigenvalue weighted by Gasteiger charge is -2.10. The Bertz CT molecular complexity index is 645. The van der Waals surface area contributed by atoms with Crippen molar-refractivity contribution in [2.45, 2.75) is 38.7 Å². The Balaban J connectivity index is 1.44. The Morgan fingerprint density at radius 2 is 2.22 bits per heavy atom. The standard InChI is InChI=1S/C18H22N2O2S/c1-13-20-17(12-23-13)15-6-4-14(5-7-15)8-9-19-18(21)11-16-3-2-10-22-16/h4-7,12,16H,2-3,8-11H2,1H3,(H,19,21)/t16-/m0/s1. The van der Waals surface area contributed by atoms with E-state index in [2.05, 4.69) is 39.9 Å². The fraction of sp³-hybridized carbons (Fsp3) is 0.444. The molecule has 5 heteroatoms. The number of aromatic nitrogens is 1. The number of hydrogen-bond donors (Lipinski definition) is 1. The molecule has 1 N–H and O–H groups in total. The quantitative estimate of drug-likeness (QED) is 0.884. The van der Waals surface area contributed by atoms with E-state index in [0.29, 0.717) is 13.0 Å². The lowest BCUT2D eigenvalue weighted by Crippen LogP contribution is -2.28. The van der Waals surface area contributed by atoms with Crippen LogP contribution in [0.2, 0.25) is 0 Å². The van der Waals surface area contributed by atoms with Gasteiger partial charge in [-0.15, -0.1) is 11.3 Å². The first kappa shape index (κ1) is 16.1. The Kier molecular flexibility index (Phi) is 5.41. The van der Waals surface area contributed by atoms with E-state index in [1.165, 1.54) is 5.56 Å². The van der Waals surface area contributed by atoms with Crippen LogP contribution in [-0.4, -0.2) is 30.1 Å². The van der Waals surface area contributed by atoms with Gasteiger partial charge in [0.15, 0.2) is 0 Å². The Labute approximate surface area is 140 Å². The van der Waals surface area contributed by atoms with Crippen molar-refractivity contribution in [3.05, 3.63) is 40.2 Å². The summed E-state index contributed by atoms with van der Waals surface area (Å²) < 4.78 is 5.48. The van der Waals surface area contributed by atoms with Crippen LogP contribution in [0.4, 0.5) is 0 Å². The van der Waals surface area contributed by atoms with E-state index >= 15 is 0 Å². The number of benzene rings is 1. The van der Waals surface area contributed by atoms with Crippen LogP contribution in [0.25, 0.3) is 11.3 Å². The molecule has 122 valence electrons. The fourth-order valence-corrected chi connectivity index (χ4v) is 3.39. The van der Waals surface area contributed by atoms with E-state index in [9.17, 15) is 4.79 Å². The molecule has 1 saturated heterocycles. The van der Waals surface area contributed by atoms with Crippen molar-refractivity contribution in [2.24, 2.45) is 0 Å². The highest BCUT2D eigenvalue weighted by atomic mass is 32.1. The molecule has 1 aromatic heterocycles. The maximum atomic E-state index is 11.8. The molecule has 0 spiro atoms. The van der Waals surface area contributed by atoms with E-state index in [-0.39, 0.29) is 12.0 Å². The van der Waals surface area contributed by atoms with Crippen LogP contribution in [-0.2, 0) is 16.0 Å². The van der Waals surface area contributed by atoms with Gasteiger partial charge in [-0.2, -0.15) is 0 Å². The number of hydrogen-bond acceptors (Lipinski definition) is 4. The largest absolute Gasteiger partial charge is 0.378 e. The predicted molar refractivity (Wildman–Crippen MR) is 92.6 cm³/mol. The summed E-state index contributed by atoms with van der Waals surface area (Å²) in [7, 11) is 0. The number of ether oxygens (including phenoxy) is 1. The maximum Gasteiger partial charge on any atom is 0.222 e. The minimum atomic E-state index is 0.0893. The highest BCUT2D eigenvalue weighted by Crippen LogP contribution is 2.21. The van der Waals surface area contributed by atoms with E-state index in [4.69, 9.17) is 4.74 Å². The molecule has 4 nitrogen and oxygen atoms in total. The molecule has 2 aromatic rings. The molecule has 1 amide bonds. The minimum Gasteiger partial charge on any atom is -0.378 e. The molecular formula is C18H22N2O2S. The zero-order chi connectivity index (χ0) is 16.1. The summed E-state index contributed by atoms with van der Waals surface area (Å²) >= 11 is 1.66. The van der Waals surface area contributed by atoms with Crippen molar-refractivity contribution in [2.75, 3.05) is 13.2 Å². The van der Waals surface area contributed by atoms with Crippen LogP contribution in [0.1, 0.15) is 29.8 Å². The highest BCUT2D eigenvalue weighted by Gasteiger charge is 2.18. The average molecular weight is 330 g/mol. The Hall–Kier alpha value is -1.72. The number of rotatable bonds is 6. The van der Waals surface area contributed by atoms with Gasteiger partial charge in [-0.1, -0.05) is 24.3 Å². The van der Waals surface area contributed by atoms with Crippen molar-refractivity contribution in [3.8, 4) is 11.3 Å². The second-order valence-corrected chi connectivity index (χ2v) is 6.95. The normalized spacial score (nSPS) is 17.3. The van der Waals surface area contributed by atoms with Gasteiger partial charge in [0, 0.05) is 24.1 Å². The van der Waals surface area contributed by atoms with Crippen LogP contribution < -0.4 is 5.32 Å². The molecule has 0 aliphatic carbocycles. The molecular weight excluding hydrogens is 308 g/mol. The van der Waals surface area contributed by atoms with Crippen molar-refractivity contribution in [1.29, 1.82) is 0 Å². The highest BCUT2D eigenvalue weighted by molar-refractivity contribution is 7.09. The third kappa shape index (κ3) is 4.62. The number of thiazole rings is 1. The SMILES string of the molecule is Cc1nc(-c2ccc(CCNC(=O)C[C@@H]3CCCO3)cc2)cs1. The lowest BCUT2D eigenvalue weighted by molar-refractivity contribution is -0.123. The molecule has 0 saturated carbocycles. The average Bonchev–Trinajstić information content (AvgIpc) is 3.20. The number of carbonyl (C=O) groups excluding carboxylic acids is 1. The van der Waals surface area contributed by atoms with E-state index < -0.39 is 0 Å². The third-order valence-electron chi connectivity index (χ3n) is 4.04. The Morgan fingerprint density at radius 3 is 2.87 bits per heavy atom. The van der Waals surface area contributed by atoms with E-state index in [1.807, 2.05) is 6.92 Å². The summed E-state index contributed by atoms with van der Waals surface area (Å²) in [6, 6.07) is 8.41. The summed E-state index contributed by atoms with van der Waals surface area (Å²) in [6.07, 6.45) is 3.53. The number of nitrogens with zero attached hydrogens (tertiary/aromatic N) is 1. The second kappa shape index (κ2) is 7.70. The van der Waals surface area contributed by atoms with Crippen LogP contribution >= 0.6 is 11.3 Å². The molecule has 0 radical (unpaired) electrons. The van der Waals surface area contributed by atoms with Crippen LogP contribution in [0, 0.1) is 6.92 Å². The molecule has 23 heavy (non-hydrogen) atoms. The van der Waals surface area contributed by atoms with Gasteiger partial charge >= 0.3 is 0 Å². The van der Waals surface area contributed by atoms with Gasteiger partial charge in [-0.25, -0.2) is 4.98 Å². The van der Waals surface area contributed by atoms with Crippen LogP contribution in [0.15, 0.2) is 29.6 Å². The monoisotopic (exact) mass is 330 g/mol. The smallest absolute Gasteiger partial charge is 0.222 e. The second-order valence-electron chi connectivity index (χ2n) is 5.89. The molecule has 1 fully saturated rings. The zero-order valence-corrected chi connectivity index (χ0v) is 14.2. The number of nitrogens with one attached hydrogen (secondary N) is 1. The minimum absolute atomic E-state index is 0.0893. The molecule has 0 unspecified atom stereocenters. The summed E-state index contributed by atoms with van der Waals surface area (Å²) in [5, 5.41) is 6.14. The van der Waals surface area contributed by atoms with Gasteiger partial charge in [0.1, 0.15) is 0 Å². The molecule has 1 aliphatic rings. The van der Waals surface area contributed by atoms with Gasteiger partial charge in [-0.05, 0) is 31.7 Å². The van der Waals surface area contributed by atoms with Crippen LogP contribution in [0.5, 0.6) is 0 Å². The lowest BCUT2D eigenvalue weighted by atomic mass is 10.1. The van der Waals surface area contributed by atoms with Crippen LogP contribution in [0.3, 0.4) is 0 Å². The molecule has 3 rings (SSSR count). The van der Waals surface area contributed by atoms with Gasteiger partial charge in [0.25, 0.3) is 0 Å². The van der Waals surface area contributed by atoms with Gasteiger partial charge in [-0.3, -0.25) is 4.79 Å². The maximum absolute atomic E-state index is 11.8. The molecule has 1 aromatic carbocycles. The summed E-state index contributed by atoms with van der Waals surface area (Å²) in [5.74, 6) is 0.0893. The first-order chi connectivity index (χ1) is 11.2. The number of amides is 1. The third-order valence-corrected chi connectivity index (χ3v) is 4.82. The summed E-state index contributed by atoms with van der Waals surface area (Å²) in [4.78, 5) is 16.3. The van der Waals surface area contributed by atoms with E-state index in [1.54, 1.807) is 11.3 Å². The first-order valence-corrected chi connectivity index (χ1v) is 8.98. The Morgan fingerprint density at radius 1 is 1.39 bits per heavy atom. The summed E-state index contributed by atoms with van der Waals surface area (Å²) in [6.45, 7) is 3.48. The topological polar surface area (TPSA) is 51.2 Å². The van der Waals surface area contributed by atoms with Crippen molar-refractivity contribution < 1.29 is 9.53 Å². The van der Waals surface area contributed by atoms with Crippen molar-refractivity contribution in [3.63, 3.8) is 0 Å². The van der Waals surface area contributed by atoms with Gasteiger partial charge < -0.3 is 10.1 Å². The molecule has 0 bridgehead atoms. The summed E-state index contributed by atoms with van der Waals surface area (Å²) in [5.41, 5.74) is 3.39. The van der Waals surface area contributed by atoms with Crippen molar-refractivity contribution >= 4 is 17.2 Å². The predicted octanol–water partition coefficient (Wildman–Crippen LogP) is 3.35. The van der Waals surface area contributed by atoms with E-state index in [0.717, 1.165) is 42.1 Å². The fourth-order valence-electron chi connectivity index (χ4n) is 2.77. The molecule has 1 atom stereocenters. The molecule has 2 heterocycles. The van der Waals surface area contributed by atoms with Crippen molar-refractivity contribution in [1.82, 2.24) is 10.3 Å². The number of aryl methyl sites for hydroxylation is 1. The first-order valence-electron chi connectivity index (χ1n) is 8.10. The zero-order valence-electron chi connectivity index (χ0n) is 13.4. The van der Waals surface area contributed by atoms with Gasteiger partial charge in [0.05, 0.1) is 23.2 Å².